The van der Waals surface area contributed by atoms with Gasteiger partial charge in [-0.25, -0.2) is 9.67 Å². The van der Waals surface area contributed by atoms with Gasteiger partial charge in [0.25, 0.3) is 17.4 Å². The zero-order valence-corrected chi connectivity index (χ0v) is 20.0. The molecule has 0 saturated carbocycles. The first kappa shape index (κ1) is 23.6. The van der Waals surface area contributed by atoms with Gasteiger partial charge in [0.15, 0.2) is 5.69 Å². The molecule has 0 fully saturated rings. The van der Waals surface area contributed by atoms with Crippen molar-refractivity contribution in [3.05, 3.63) is 130 Å². The van der Waals surface area contributed by atoms with Crippen LogP contribution in [0.3, 0.4) is 0 Å². The number of hydrogen-bond donors (Lipinski definition) is 2. The summed E-state index contributed by atoms with van der Waals surface area (Å²) in [4.78, 5) is 42.9. The van der Waals surface area contributed by atoms with Gasteiger partial charge in [0.2, 0.25) is 0 Å². The Labute approximate surface area is 212 Å². The quantitative estimate of drug-likeness (QED) is 0.365. The van der Waals surface area contributed by atoms with Crippen LogP contribution in [0.25, 0.3) is 22.2 Å². The molecule has 0 aliphatic heterocycles. The molecule has 5 rings (SSSR count). The van der Waals surface area contributed by atoms with Gasteiger partial charge in [-0.3, -0.25) is 25.2 Å². The van der Waals surface area contributed by atoms with Gasteiger partial charge < -0.3 is 0 Å². The summed E-state index contributed by atoms with van der Waals surface area (Å²) in [5, 5.41) is 4.81. The number of benzene rings is 3. The van der Waals surface area contributed by atoms with E-state index in [1.54, 1.807) is 12.1 Å². The predicted octanol–water partition coefficient (Wildman–Crippen LogP) is 3.89. The molecule has 0 radical (unpaired) electrons. The SMILES string of the molecule is Cc1ccc(-c2cc(C(=O)NNC(=O)c3ccc(=O)n(Cc4ccccc4)n3)c3ccccc3n2)cc1. The van der Waals surface area contributed by atoms with Gasteiger partial charge in [0.1, 0.15) is 0 Å². The van der Waals surface area contributed by atoms with Crippen LogP contribution in [0.1, 0.15) is 32.0 Å². The lowest BCUT2D eigenvalue weighted by atomic mass is 10.0. The predicted molar refractivity (Wildman–Crippen MR) is 141 cm³/mol. The summed E-state index contributed by atoms with van der Waals surface area (Å²) >= 11 is 0. The molecule has 3 aromatic carbocycles. The van der Waals surface area contributed by atoms with E-state index in [4.69, 9.17) is 4.98 Å². The number of para-hydroxylation sites is 1. The molecule has 0 unspecified atom stereocenters. The smallest absolute Gasteiger partial charge is 0.268 e. The molecule has 0 aliphatic carbocycles. The highest BCUT2D eigenvalue weighted by Gasteiger charge is 2.16. The molecule has 2 heterocycles. The number of rotatable bonds is 5. The number of aromatic nitrogens is 3. The van der Waals surface area contributed by atoms with Gasteiger partial charge in [-0.05, 0) is 30.7 Å². The standard InChI is InChI=1S/C29H23N5O3/c1-19-11-13-21(14-12-19)26-17-23(22-9-5-6-10-24(22)30-26)28(36)31-32-29(37)25-15-16-27(35)34(33-25)18-20-7-3-2-4-8-20/h2-17H,18H2,1H3,(H,31,36)(H,32,37). The third-order valence-corrected chi connectivity index (χ3v) is 5.87. The first-order valence-electron chi connectivity index (χ1n) is 11.7. The van der Waals surface area contributed by atoms with Crippen LogP contribution in [0.4, 0.5) is 0 Å². The van der Waals surface area contributed by atoms with Crippen molar-refractivity contribution in [1.29, 1.82) is 0 Å². The minimum absolute atomic E-state index is 0.00392. The number of nitrogens with zero attached hydrogens (tertiary/aromatic N) is 3. The van der Waals surface area contributed by atoms with Crippen molar-refractivity contribution in [2.45, 2.75) is 13.5 Å². The lowest BCUT2D eigenvalue weighted by Crippen LogP contribution is -2.42. The number of hydrazine groups is 1. The third-order valence-electron chi connectivity index (χ3n) is 5.87. The number of carbonyl (C=O) groups excluding carboxylic acids is 2. The largest absolute Gasteiger partial charge is 0.290 e. The number of nitrogens with one attached hydrogen (secondary N) is 2. The summed E-state index contributed by atoms with van der Waals surface area (Å²) in [7, 11) is 0. The van der Waals surface area contributed by atoms with E-state index >= 15 is 0 Å². The van der Waals surface area contributed by atoms with Crippen molar-refractivity contribution in [2.75, 3.05) is 0 Å². The minimum Gasteiger partial charge on any atom is -0.268 e. The van der Waals surface area contributed by atoms with E-state index < -0.39 is 11.8 Å². The highest BCUT2D eigenvalue weighted by atomic mass is 16.2. The van der Waals surface area contributed by atoms with Crippen molar-refractivity contribution in [2.24, 2.45) is 0 Å². The van der Waals surface area contributed by atoms with Crippen LogP contribution in [-0.4, -0.2) is 26.6 Å². The Morgan fingerprint density at radius 3 is 2.30 bits per heavy atom. The topological polar surface area (TPSA) is 106 Å². The molecule has 0 saturated heterocycles. The number of aryl methyl sites for hydroxylation is 1. The number of fused-ring (bicyclic) bond motifs is 1. The molecule has 2 N–H and O–H groups in total. The summed E-state index contributed by atoms with van der Waals surface area (Å²) in [5.74, 6) is -1.15. The molecule has 0 aliphatic rings. The number of hydrogen-bond acceptors (Lipinski definition) is 5. The maximum Gasteiger partial charge on any atom is 0.290 e. The molecule has 8 nitrogen and oxygen atoms in total. The molecule has 5 aromatic rings. The average Bonchev–Trinajstić information content (AvgIpc) is 2.93. The zero-order valence-electron chi connectivity index (χ0n) is 20.0. The zero-order chi connectivity index (χ0) is 25.8. The normalized spacial score (nSPS) is 10.7. The highest BCUT2D eigenvalue weighted by molar-refractivity contribution is 6.08. The van der Waals surface area contributed by atoms with Crippen molar-refractivity contribution >= 4 is 22.7 Å². The van der Waals surface area contributed by atoms with Gasteiger partial charge >= 0.3 is 0 Å². The number of carbonyl (C=O) groups is 2. The van der Waals surface area contributed by atoms with Gasteiger partial charge in [-0.15, -0.1) is 0 Å². The minimum atomic E-state index is -0.646. The van der Waals surface area contributed by atoms with E-state index in [1.807, 2.05) is 79.7 Å². The van der Waals surface area contributed by atoms with Crippen molar-refractivity contribution in [3.8, 4) is 11.3 Å². The van der Waals surface area contributed by atoms with Crippen molar-refractivity contribution in [3.63, 3.8) is 0 Å². The van der Waals surface area contributed by atoms with Crippen LogP contribution >= 0.6 is 0 Å². The summed E-state index contributed by atoms with van der Waals surface area (Å²) in [6.07, 6.45) is 0. The van der Waals surface area contributed by atoms with Gasteiger partial charge in [0, 0.05) is 17.0 Å². The maximum absolute atomic E-state index is 13.2. The third kappa shape index (κ3) is 5.28. The molecular weight excluding hydrogens is 466 g/mol. The summed E-state index contributed by atoms with van der Waals surface area (Å²) in [6, 6.07) is 28.8. The first-order chi connectivity index (χ1) is 18.0. The molecule has 0 bridgehead atoms. The summed E-state index contributed by atoms with van der Waals surface area (Å²) < 4.78 is 1.20. The van der Waals surface area contributed by atoms with E-state index in [0.29, 0.717) is 22.2 Å². The molecular formula is C29H23N5O3. The van der Waals surface area contributed by atoms with E-state index in [1.165, 1.54) is 16.8 Å². The second-order valence-corrected chi connectivity index (χ2v) is 8.55. The van der Waals surface area contributed by atoms with Crippen LogP contribution in [0.5, 0.6) is 0 Å². The van der Waals surface area contributed by atoms with Crippen molar-refractivity contribution < 1.29 is 9.59 Å². The Kier molecular flexibility index (Phi) is 6.54. The second-order valence-electron chi connectivity index (χ2n) is 8.55. The van der Waals surface area contributed by atoms with Gasteiger partial charge in [0.05, 0.1) is 23.3 Å². The Bertz CT molecular complexity index is 1660. The van der Waals surface area contributed by atoms with Crippen molar-refractivity contribution in [1.82, 2.24) is 25.6 Å². The number of amides is 2. The fraction of sp³-hybridized carbons (Fsp3) is 0.0690. The average molecular weight is 490 g/mol. The second kappa shape index (κ2) is 10.2. The van der Waals surface area contributed by atoms with E-state index in [9.17, 15) is 14.4 Å². The fourth-order valence-corrected chi connectivity index (χ4v) is 3.92. The molecule has 182 valence electrons. The van der Waals surface area contributed by atoms with Gasteiger partial charge in [-0.1, -0.05) is 78.4 Å². The molecule has 37 heavy (non-hydrogen) atoms. The monoisotopic (exact) mass is 489 g/mol. The van der Waals surface area contributed by atoms with Crippen LogP contribution in [0.2, 0.25) is 0 Å². The van der Waals surface area contributed by atoms with Gasteiger partial charge in [-0.2, -0.15) is 5.10 Å². The molecule has 2 amide bonds. The van der Waals surface area contributed by atoms with Crippen LogP contribution in [0, 0.1) is 6.92 Å². The number of pyridine rings is 1. The molecule has 2 aromatic heterocycles. The summed E-state index contributed by atoms with van der Waals surface area (Å²) in [6.45, 7) is 2.22. The fourth-order valence-electron chi connectivity index (χ4n) is 3.92. The Morgan fingerprint density at radius 2 is 1.51 bits per heavy atom. The Balaban J connectivity index is 1.37. The lowest BCUT2D eigenvalue weighted by Gasteiger charge is -2.12. The maximum atomic E-state index is 13.2. The highest BCUT2D eigenvalue weighted by Crippen LogP contribution is 2.25. The lowest BCUT2D eigenvalue weighted by molar-refractivity contribution is 0.0843. The van der Waals surface area contributed by atoms with E-state index in [-0.39, 0.29) is 17.8 Å². The molecule has 0 atom stereocenters. The van der Waals surface area contributed by atoms with E-state index in [2.05, 4.69) is 16.0 Å². The molecule has 0 spiro atoms. The van der Waals surface area contributed by atoms with Crippen LogP contribution in [0.15, 0.2) is 102 Å². The first-order valence-corrected chi connectivity index (χ1v) is 11.7. The van der Waals surface area contributed by atoms with Crippen LogP contribution < -0.4 is 16.4 Å². The summed E-state index contributed by atoms with van der Waals surface area (Å²) in [5.41, 5.74) is 9.06. The van der Waals surface area contributed by atoms with Crippen LogP contribution in [-0.2, 0) is 6.54 Å². The van der Waals surface area contributed by atoms with E-state index in [0.717, 1.165) is 16.7 Å². The molecule has 8 heteroatoms. The Hall–Kier alpha value is -5.11. The Morgan fingerprint density at radius 1 is 0.811 bits per heavy atom.